The zero-order valence-corrected chi connectivity index (χ0v) is 21.9. The SMILES string of the molecule is CCCN(C(=O)c1ccc(I)cc1)C(Cc1ccccc1)C(=O)NC(CCCN=C(N)N)C(=O)O. The number of aliphatic imine (C=N–C) groups is 1. The van der Waals surface area contributed by atoms with Crippen LogP contribution in [0.4, 0.5) is 0 Å². The molecule has 0 radical (unpaired) electrons. The van der Waals surface area contributed by atoms with Gasteiger partial charge in [-0.25, -0.2) is 4.79 Å². The fourth-order valence-corrected chi connectivity index (χ4v) is 3.97. The lowest BCUT2D eigenvalue weighted by atomic mass is 10.0. The second-order valence-corrected chi connectivity index (χ2v) is 9.30. The topological polar surface area (TPSA) is 151 Å². The molecule has 0 aromatic heterocycles. The summed E-state index contributed by atoms with van der Waals surface area (Å²) >= 11 is 2.16. The lowest BCUT2D eigenvalue weighted by molar-refractivity contribution is -0.142. The summed E-state index contributed by atoms with van der Waals surface area (Å²) in [6, 6.07) is 14.5. The molecule has 2 unspecified atom stereocenters. The van der Waals surface area contributed by atoms with Crippen LogP contribution in [0, 0.1) is 3.57 Å². The quantitative estimate of drug-likeness (QED) is 0.121. The lowest BCUT2D eigenvalue weighted by Crippen LogP contribution is -2.54. The van der Waals surface area contributed by atoms with Gasteiger partial charge in [0.05, 0.1) is 0 Å². The van der Waals surface area contributed by atoms with Crippen molar-refractivity contribution in [3.63, 3.8) is 0 Å². The molecule has 2 aromatic carbocycles. The van der Waals surface area contributed by atoms with Gasteiger partial charge in [0, 0.05) is 28.6 Å². The number of guanidine groups is 1. The third-order valence-electron chi connectivity index (χ3n) is 5.33. The third kappa shape index (κ3) is 9.19. The number of amides is 2. The van der Waals surface area contributed by atoms with Gasteiger partial charge in [-0.15, -0.1) is 0 Å². The molecule has 0 bridgehead atoms. The lowest BCUT2D eigenvalue weighted by Gasteiger charge is -2.32. The maximum atomic E-state index is 13.5. The van der Waals surface area contributed by atoms with Gasteiger partial charge in [-0.2, -0.15) is 0 Å². The summed E-state index contributed by atoms with van der Waals surface area (Å²) in [7, 11) is 0. The van der Waals surface area contributed by atoms with Crippen LogP contribution in [0.15, 0.2) is 59.6 Å². The summed E-state index contributed by atoms with van der Waals surface area (Å²) in [5.74, 6) is -2.03. The number of hydrogen-bond acceptors (Lipinski definition) is 4. The first kappa shape index (κ1) is 28.1. The van der Waals surface area contributed by atoms with E-state index in [-0.39, 0.29) is 31.3 Å². The molecule has 0 fully saturated rings. The van der Waals surface area contributed by atoms with Crippen molar-refractivity contribution >= 4 is 46.3 Å². The maximum Gasteiger partial charge on any atom is 0.326 e. The van der Waals surface area contributed by atoms with E-state index in [1.54, 1.807) is 12.1 Å². The number of carbonyl (C=O) groups excluding carboxylic acids is 2. The van der Waals surface area contributed by atoms with Gasteiger partial charge in [-0.05, 0) is 71.7 Å². The summed E-state index contributed by atoms with van der Waals surface area (Å²) in [5.41, 5.74) is 12.0. The number of carboxylic acid groups (broad SMARTS) is 1. The molecule has 0 spiro atoms. The van der Waals surface area contributed by atoms with Crippen LogP contribution in [0.1, 0.15) is 42.1 Å². The van der Waals surface area contributed by atoms with Gasteiger partial charge in [0.1, 0.15) is 12.1 Å². The Kier molecular flexibility index (Phi) is 11.5. The molecule has 6 N–H and O–H groups in total. The number of rotatable bonds is 13. The van der Waals surface area contributed by atoms with E-state index in [0.29, 0.717) is 24.9 Å². The highest BCUT2D eigenvalue weighted by molar-refractivity contribution is 14.1. The minimum absolute atomic E-state index is 0.0758. The van der Waals surface area contributed by atoms with Gasteiger partial charge in [0.2, 0.25) is 5.91 Å². The summed E-state index contributed by atoms with van der Waals surface area (Å²) in [6.07, 6.45) is 1.41. The van der Waals surface area contributed by atoms with Crippen molar-refractivity contribution < 1.29 is 19.5 Å². The number of carboxylic acids is 1. The second kappa shape index (κ2) is 14.3. The standard InChI is InChI=1S/C25H32IN5O4/c1-2-15-31(23(33)18-10-12-19(26)13-11-18)21(16-17-7-4-3-5-8-17)22(32)30-20(24(34)35)9-6-14-29-25(27)28/h3-5,7-8,10-13,20-21H,2,6,9,14-16H2,1H3,(H,30,32)(H,34,35)(H4,27,28,29). The molecule has 0 aliphatic rings. The smallest absolute Gasteiger partial charge is 0.326 e. The van der Waals surface area contributed by atoms with Crippen LogP contribution in [0.25, 0.3) is 0 Å². The van der Waals surface area contributed by atoms with E-state index in [4.69, 9.17) is 11.5 Å². The first-order valence-corrected chi connectivity index (χ1v) is 12.5. The largest absolute Gasteiger partial charge is 0.480 e. The normalized spacial score (nSPS) is 12.3. The Bertz CT molecular complexity index is 1010. The van der Waals surface area contributed by atoms with E-state index in [1.807, 2.05) is 49.4 Å². The highest BCUT2D eigenvalue weighted by atomic mass is 127. The van der Waals surface area contributed by atoms with Crippen molar-refractivity contribution in [2.45, 2.75) is 44.7 Å². The molecule has 2 aromatic rings. The molecule has 35 heavy (non-hydrogen) atoms. The van der Waals surface area contributed by atoms with E-state index >= 15 is 0 Å². The van der Waals surface area contributed by atoms with Crippen LogP contribution < -0.4 is 16.8 Å². The average Bonchev–Trinajstić information content (AvgIpc) is 2.83. The predicted octanol–water partition coefficient (Wildman–Crippen LogP) is 2.38. The second-order valence-electron chi connectivity index (χ2n) is 8.06. The maximum absolute atomic E-state index is 13.5. The van der Waals surface area contributed by atoms with Crippen molar-refractivity contribution in [3.8, 4) is 0 Å². The van der Waals surface area contributed by atoms with Crippen LogP contribution in [0.5, 0.6) is 0 Å². The molecule has 2 rings (SSSR count). The van der Waals surface area contributed by atoms with Gasteiger partial charge >= 0.3 is 5.97 Å². The zero-order chi connectivity index (χ0) is 25.8. The molecule has 9 nitrogen and oxygen atoms in total. The molecule has 188 valence electrons. The third-order valence-corrected chi connectivity index (χ3v) is 6.05. The Morgan fingerprint density at radius 2 is 1.74 bits per heavy atom. The number of nitrogens with zero attached hydrogens (tertiary/aromatic N) is 2. The number of carbonyl (C=O) groups is 3. The van der Waals surface area contributed by atoms with E-state index in [2.05, 4.69) is 32.9 Å². The molecular formula is C25H32IN5O4. The Labute approximate surface area is 219 Å². The molecule has 0 heterocycles. The first-order valence-electron chi connectivity index (χ1n) is 11.4. The minimum atomic E-state index is -1.16. The predicted molar refractivity (Wildman–Crippen MR) is 144 cm³/mol. The fraction of sp³-hybridized carbons (Fsp3) is 0.360. The molecule has 2 atom stereocenters. The number of nitrogens with two attached hydrogens (primary N) is 2. The highest BCUT2D eigenvalue weighted by Crippen LogP contribution is 2.17. The van der Waals surface area contributed by atoms with Crippen LogP contribution in [0.3, 0.4) is 0 Å². The molecule has 2 amide bonds. The van der Waals surface area contributed by atoms with Crippen LogP contribution in [0.2, 0.25) is 0 Å². The Morgan fingerprint density at radius 1 is 1.09 bits per heavy atom. The van der Waals surface area contributed by atoms with Crippen LogP contribution >= 0.6 is 22.6 Å². The summed E-state index contributed by atoms with van der Waals surface area (Å²) in [4.78, 5) is 44.2. The Morgan fingerprint density at radius 3 is 2.31 bits per heavy atom. The molecule has 0 saturated heterocycles. The van der Waals surface area contributed by atoms with E-state index in [1.165, 1.54) is 4.90 Å². The monoisotopic (exact) mass is 593 g/mol. The highest BCUT2D eigenvalue weighted by Gasteiger charge is 2.32. The van der Waals surface area contributed by atoms with Crippen molar-refractivity contribution in [3.05, 3.63) is 69.3 Å². The Hall–Kier alpha value is -3.15. The molecule has 0 saturated carbocycles. The van der Waals surface area contributed by atoms with Crippen molar-refractivity contribution in [2.24, 2.45) is 16.5 Å². The van der Waals surface area contributed by atoms with Crippen LogP contribution in [-0.2, 0) is 16.0 Å². The number of nitrogens with one attached hydrogen (secondary N) is 1. The molecule has 0 aliphatic heterocycles. The average molecular weight is 593 g/mol. The Balaban J connectivity index is 2.31. The van der Waals surface area contributed by atoms with Gasteiger partial charge in [0.15, 0.2) is 5.96 Å². The molecular weight excluding hydrogens is 561 g/mol. The van der Waals surface area contributed by atoms with Gasteiger partial charge < -0.3 is 26.8 Å². The van der Waals surface area contributed by atoms with Gasteiger partial charge in [-0.1, -0.05) is 37.3 Å². The zero-order valence-electron chi connectivity index (χ0n) is 19.7. The minimum Gasteiger partial charge on any atom is -0.480 e. The number of hydrogen-bond donors (Lipinski definition) is 4. The van der Waals surface area contributed by atoms with Crippen LogP contribution in [-0.4, -0.2) is 58.9 Å². The first-order chi connectivity index (χ1) is 16.7. The van der Waals surface area contributed by atoms with Crippen molar-refractivity contribution in [1.29, 1.82) is 0 Å². The summed E-state index contributed by atoms with van der Waals surface area (Å²) < 4.78 is 0.991. The number of halogens is 1. The van der Waals surface area contributed by atoms with E-state index in [0.717, 1.165) is 9.13 Å². The summed E-state index contributed by atoms with van der Waals surface area (Å²) in [5, 5.41) is 12.3. The molecule has 10 heteroatoms. The van der Waals surface area contributed by atoms with Gasteiger partial charge in [-0.3, -0.25) is 14.6 Å². The number of benzene rings is 2. The van der Waals surface area contributed by atoms with E-state index in [9.17, 15) is 19.5 Å². The fourth-order valence-electron chi connectivity index (χ4n) is 3.61. The number of aliphatic carboxylic acids is 1. The van der Waals surface area contributed by atoms with Crippen molar-refractivity contribution in [2.75, 3.05) is 13.1 Å². The molecule has 0 aliphatic carbocycles. The van der Waals surface area contributed by atoms with Crippen molar-refractivity contribution in [1.82, 2.24) is 10.2 Å². The van der Waals surface area contributed by atoms with E-state index < -0.39 is 24.0 Å². The van der Waals surface area contributed by atoms with Gasteiger partial charge in [0.25, 0.3) is 5.91 Å². The summed E-state index contributed by atoms with van der Waals surface area (Å²) in [6.45, 7) is 2.52.